The van der Waals surface area contributed by atoms with Crippen molar-refractivity contribution in [3.63, 3.8) is 0 Å². The second kappa shape index (κ2) is 8.48. The Morgan fingerprint density at radius 1 is 1.25 bits per heavy atom. The predicted molar refractivity (Wildman–Crippen MR) is 78.0 cm³/mol. The van der Waals surface area contributed by atoms with Gasteiger partial charge in [0.25, 0.3) is 0 Å². The van der Waals surface area contributed by atoms with Crippen LogP contribution in [0.4, 0.5) is 13.2 Å². The van der Waals surface area contributed by atoms with E-state index < -0.39 is 41.8 Å². The molecule has 6 nitrogen and oxygen atoms in total. The summed E-state index contributed by atoms with van der Waals surface area (Å²) in [5, 5.41) is 9.36. The Morgan fingerprint density at radius 3 is 2.25 bits per heavy atom. The Bertz CT molecular complexity index is 457. The molecule has 140 valence electrons. The first-order valence-electron chi connectivity index (χ1n) is 7.10. The normalized spacial score (nSPS) is 16.0. The Kier molecular flexibility index (Phi) is 7.91. The monoisotopic (exact) mass is 356 g/mol. The van der Waals surface area contributed by atoms with Crippen LogP contribution in [0.25, 0.3) is 0 Å². The minimum absolute atomic E-state index is 0.00604. The SMILES string of the molecule is C=CCOCC(C)(C)C(=O)OCC(=O)OC(C)C(C)(O)C(F)(F)F. The molecule has 1 N–H and O–H groups in total. The molecule has 2 atom stereocenters. The summed E-state index contributed by atoms with van der Waals surface area (Å²) in [4.78, 5) is 23.3. The molecule has 0 aromatic heterocycles. The van der Waals surface area contributed by atoms with E-state index in [0.29, 0.717) is 6.92 Å². The standard InChI is InChI=1S/C15H23F3O6/c1-6-7-22-9-13(3,4)12(20)23-8-11(19)24-10(2)14(5,21)15(16,17)18/h6,10,21H,1,7-9H2,2-5H3. The van der Waals surface area contributed by atoms with Gasteiger partial charge < -0.3 is 19.3 Å². The van der Waals surface area contributed by atoms with Gasteiger partial charge in [0.1, 0.15) is 6.10 Å². The molecule has 0 saturated carbocycles. The van der Waals surface area contributed by atoms with Gasteiger partial charge in [0.2, 0.25) is 0 Å². The third-order valence-corrected chi connectivity index (χ3v) is 3.25. The average Bonchev–Trinajstić information content (AvgIpc) is 2.43. The van der Waals surface area contributed by atoms with Crippen molar-refractivity contribution in [3.8, 4) is 0 Å². The van der Waals surface area contributed by atoms with Crippen molar-refractivity contribution in [2.75, 3.05) is 19.8 Å². The number of carbonyl (C=O) groups is 2. The second-order valence-corrected chi connectivity index (χ2v) is 6.04. The lowest BCUT2D eigenvalue weighted by molar-refractivity contribution is -0.282. The maximum absolute atomic E-state index is 12.6. The highest BCUT2D eigenvalue weighted by atomic mass is 19.4. The van der Waals surface area contributed by atoms with Crippen molar-refractivity contribution in [2.45, 2.75) is 45.6 Å². The first kappa shape index (κ1) is 22.4. The Hall–Kier alpha value is -1.61. The number of esters is 2. The second-order valence-electron chi connectivity index (χ2n) is 6.04. The summed E-state index contributed by atoms with van der Waals surface area (Å²) in [6.07, 6.45) is -5.35. The first-order valence-corrected chi connectivity index (χ1v) is 7.10. The van der Waals surface area contributed by atoms with Gasteiger partial charge in [-0.3, -0.25) is 4.79 Å². The number of carbonyl (C=O) groups excluding carboxylic acids is 2. The fraction of sp³-hybridized carbons (Fsp3) is 0.733. The lowest BCUT2D eigenvalue weighted by atomic mass is 9.95. The minimum Gasteiger partial charge on any atom is -0.457 e. The topological polar surface area (TPSA) is 82.1 Å². The average molecular weight is 356 g/mol. The third kappa shape index (κ3) is 6.48. The number of hydrogen-bond acceptors (Lipinski definition) is 6. The number of halogens is 3. The summed E-state index contributed by atoms with van der Waals surface area (Å²) < 4.78 is 52.1. The lowest BCUT2D eigenvalue weighted by Crippen LogP contribution is -2.52. The molecule has 0 aromatic carbocycles. The van der Waals surface area contributed by atoms with E-state index in [1.165, 1.54) is 19.9 Å². The number of ether oxygens (including phenoxy) is 3. The van der Waals surface area contributed by atoms with E-state index in [0.717, 1.165) is 6.92 Å². The molecule has 0 rings (SSSR count). The number of hydrogen-bond donors (Lipinski definition) is 1. The van der Waals surface area contributed by atoms with Crippen LogP contribution in [0.3, 0.4) is 0 Å². The van der Waals surface area contributed by atoms with Crippen LogP contribution >= 0.6 is 0 Å². The van der Waals surface area contributed by atoms with Crippen LogP contribution in [-0.2, 0) is 23.8 Å². The number of aliphatic hydroxyl groups is 1. The van der Waals surface area contributed by atoms with Gasteiger partial charge in [-0.25, -0.2) is 4.79 Å². The fourth-order valence-corrected chi connectivity index (χ4v) is 1.35. The summed E-state index contributed by atoms with van der Waals surface area (Å²) in [5.41, 5.74) is -4.28. The zero-order valence-electron chi connectivity index (χ0n) is 14.1. The molecule has 0 amide bonds. The fourth-order valence-electron chi connectivity index (χ4n) is 1.35. The van der Waals surface area contributed by atoms with Crippen LogP contribution in [0.15, 0.2) is 12.7 Å². The highest BCUT2D eigenvalue weighted by Crippen LogP contribution is 2.33. The van der Waals surface area contributed by atoms with Gasteiger partial charge in [0.05, 0.1) is 18.6 Å². The zero-order valence-corrected chi connectivity index (χ0v) is 14.1. The highest BCUT2D eigenvalue weighted by molar-refractivity contribution is 5.80. The van der Waals surface area contributed by atoms with Crippen molar-refractivity contribution in [1.82, 2.24) is 0 Å². The van der Waals surface area contributed by atoms with Crippen molar-refractivity contribution >= 4 is 11.9 Å². The van der Waals surface area contributed by atoms with Crippen LogP contribution < -0.4 is 0 Å². The molecule has 0 heterocycles. The lowest BCUT2D eigenvalue weighted by Gasteiger charge is -2.31. The zero-order chi connectivity index (χ0) is 19.2. The van der Waals surface area contributed by atoms with Crippen LogP contribution in [-0.4, -0.2) is 54.7 Å². The molecule has 24 heavy (non-hydrogen) atoms. The molecule has 0 aliphatic carbocycles. The predicted octanol–water partition coefficient (Wildman–Crippen LogP) is 2.00. The van der Waals surface area contributed by atoms with E-state index in [9.17, 15) is 27.9 Å². The summed E-state index contributed by atoms with van der Waals surface area (Å²) in [7, 11) is 0. The molecular weight excluding hydrogens is 333 g/mol. The van der Waals surface area contributed by atoms with Gasteiger partial charge >= 0.3 is 18.1 Å². The van der Waals surface area contributed by atoms with Crippen LogP contribution in [0.2, 0.25) is 0 Å². The van der Waals surface area contributed by atoms with Gasteiger partial charge in [-0.15, -0.1) is 6.58 Å². The quantitative estimate of drug-likeness (QED) is 0.387. The molecule has 0 fully saturated rings. The van der Waals surface area contributed by atoms with E-state index in [2.05, 4.69) is 11.3 Å². The molecule has 0 aliphatic heterocycles. The number of alkyl halides is 3. The Balaban J connectivity index is 4.49. The van der Waals surface area contributed by atoms with Gasteiger partial charge in [0.15, 0.2) is 12.2 Å². The van der Waals surface area contributed by atoms with Crippen LogP contribution in [0.1, 0.15) is 27.7 Å². The summed E-state index contributed by atoms with van der Waals surface area (Å²) in [6.45, 7) is 7.21. The van der Waals surface area contributed by atoms with Crippen molar-refractivity contribution < 1.29 is 42.1 Å². The molecule has 0 saturated heterocycles. The van der Waals surface area contributed by atoms with E-state index >= 15 is 0 Å². The maximum atomic E-state index is 12.6. The molecular formula is C15H23F3O6. The van der Waals surface area contributed by atoms with Gasteiger partial charge in [-0.2, -0.15) is 13.2 Å². The maximum Gasteiger partial charge on any atom is 0.420 e. The largest absolute Gasteiger partial charge is 0.457 e. The van der Waals surface area contributed by atoms with Gasteiger partial charge in [0, 0.05) is 0 Å². The molecule has 9 heteroatoms. The van der Waals surface area contributed by atoms with Crippen LogP contribution in [0.5, 0.6) is 0 Å². The van der Waals surface area contributed by atoms with Crippen LogP contribution in [0, 0.1) is 5.41 Å². The molecule has 0 aliphatic rings. The summed E-state index contributed by atoms with van der Waals surface area (Å²) in [6, 6.07) is 0. The van der Waals surface area contributed by atoms with E-state index in [1.807, 2.05) is 0 Å². The Labute approximate surface area is 138 Å². The summed E-state index contributed by atoms with van der Waals surface area (Å²) in [5.74, 6) is -1.98. The minimum atomic E-state index is -4.98. The molecule has 0 spiro atoms. The molecule has 0 bridgehead atoms. The first-order chi connectivity index (χ1) is 10.8. The Morgan fingerprint density at radius 2 is 1.79 bits per heavy atom. The van der Waals surface area contributed by atoms with E-state index in [-0.39, 0.29) is 13.2 Å². The third-order valence-electron chi connectivity index (χ3n) is 3.25. The molecule has 2 unspecified atom stereocenters. The molecule has 0 radical (unpaired) electrons. The highest BCUT2D eigenvalue weighted by Gasteiger charge is 2.55. The van der Waals surface area contributed by atoms with E-state index in [1.54, 1.807) is 0 Å². The van der Waals surface area contributed by atoms with Gasteiger partial charge in [-0.1, -0.05) is 6.08 Å². The summed E-state index contributed by atoms with van der Waals surface area (Å²) >= 11 is 0. The van der Waals surface area contributed by atoms with E-state index in [4.69, 9.17) is 9.47 Å². The van der Waals surface area contributed by atoms with Gasteiger partial charge in [-0.05, 0) is 27.7 Å². The van der Waals surface area contributed by atoms with Crippen molar-refractivity contribution in [3.05, 3.63) is 12.7 Å². The smallest absolute Gasteiger partial charge is 0.420 e. The number of rotatable bonds is 9. The van der Waals surface area contributed by atoms with Crippen molar-refractivity contribution in [1.29, 1.82) is 0 Å². The van der Waals surface area contributed by atoms with Crippen molar-refractivity contribution in [2.24, 2.45) is 5.41 Å². The molecule has 0 aromatic rings.